The van der Waals surface area contributed by atoms with Gasteiger partial charge in [0.25, 0.3) is 20.2 Å². The van der Waals surface area contributed by atoms with Crippen molar-refractivity contribution in [3.63, 3.8) is 0 Å². The van der Waals surface area contributed by atoms with E-state index in [1.165, 1.54) is 12.1 Å². The van der Waals surface area contributed by atoms with Gasteiger partial charge in [0.1, 0.15) is 0 Å². The summed E-state index contributed by atoms with van der Waals surface area (Å²) < 4.78 is 64.9. The Morgan fingerprint density at radius 3 is 2.08 bits per heavy atom. The third-order valence-electron chi connectivity index (χ3n) is 4.51. The molecule has 3 rings (SSSR count). The smallest absolute Gasteiger partial charge is 0.294 e. The van der Waals surface area contributed by atoms with Crippen LogP contribution in [0.1, 0.15) is 29.5 Å². The van der Waals surface area contributed by atoms with Crippen molar-refractivity contribution in [2.75, 3.05) is 5.32 Å². The van der Waals surface area contributed by atoms with Crippen LogP contribution in [0.15, 0.2) is 40.1 Å². The number of anilines is 2. The molecule has 2 aromatic carbocycles. The van der Waals surface area contributed by atoms with Crippen molar-refractivity contribution in [2.45, 2.75) is 42.4 Å². The molecular weight excluding hydrogens is 378 g/mol. The van der Waals surface area contributed by atoms with Crippen LogP contribution < -0.4 is 5.32 Å². The maximum Gasteiger partial charge on any atom is 0.294 e. The lowest BCUT2D eigenvalue weighted by atomic mass is 9.90. The lowest BCUT2D eigenvalue weighted by molar-refractivity contribution is 0.479. The van der Waals surface area contributed by atoms with Gasteiger partial charge in [0, 0.05) is 11.4 Å². The van der Waals surface area contributed by atoms with E-state index in [0.29, 0.717) is 35.3 Å². The summed E-state index contributed by atoms with van der Waals surface area (Å²) in [4.78, 5) is -0.272. The van der Waals surface area contributed by atoms with Gasteiger partial charge in [-0.25, -0.2) is 0 Å². The van der Waals surface area contributed by atoms with Crippen LogP contribution in [0, 0.1) is 6.92 Å². The van der Waals surface area contributed by atoms with Crippen molar-refractivity contribution in [3.05, 3.63) is 47.0 Å². The molecule has 1 aliphatic rings. The van der Waals surface area contributed by atoms with E-state index in [1.807, 2.05) is 0 Å². The number of hydrogen-bond donors (Lipinski definition) is 3. The molecule has 26 heavy (non-hydrogen) atoms. The van der Waals surface area contributed by atoms with E-state index < -0.39 is 20.2 Å². The SMILES string of the molecule is Cc1ccc(Nc2ccc(S(=O)(=O)O)c3c2CCCC3)cc1S(=O)(=O)O. The molecule has 0 aromatic heterocycles. The number of rotatable bonds is 4. The summed E-state index contributed by atoms with van der Waals surface area (Å²) >= 11 is 0. The lowest BCUT2D eigenvalue weighted by Gasteiger charge is -2.22. The van der Waals surface area contributed by atoms with Gasteiger partial charge in [-0.1, -0.05) is 6.07 Å². The largest absolute Gasteiger partial charge is 0.355 e. The summed E-state index contributed by atoms with van der Waals surface area (Å²) in [6.45, 7) is 1.58. The summed E-state index contributed by atoms with van der Waals surface area (Å²) in [5.74, 6) is 0. The first-order valence-corrected chi connectivity index (χ1v) is 10.9. The molecule has 0 aliphatic heterocycles. The van der Waals surface area contributed by atoms with E-state index in [-0.39, 0.29) is 9.79 Å². The van der Waals surface area contributed by atoms with Gasteiger partial charge in [-0.05, 0) is 73.6 Å². The van der Waals surface area contributed by atoms with Gasteiger partial charge in [-0.15, -0.1) is 0 Å². The van der Waals surface area contributed by atoms with E-state index in [1.54, 1.807) is 25.1 Å². The first kappa shape index (κ1) is 18.8. The number of hydrogen-bond acceptors (Lipinski definition) is 5. The quantitative estimate of drug-likeness (QED) is 0.678. The maximum absolute atomic E-state index is 11.6. The average Bonchev–Trinajstić information content (AvgIpc) is 2.54. The van der Waals surface area contributed by atoms with E-state index in [4.69, 9.17) is 0 Å². The average molecular weight is 397 g/mol. The standard InChI is InChI=1S/C17H19NO6S2/c1-11-6-7-12(10-17(11)26(22,23)24)18-15-8-9-16(25(19,20)21)14-5-3-2-4-13(14)15/h6-10,18H,2-5H2,1H3,(H,19,20,21)(H,22,23,24). The molecule has 0 unspecified atom stereocenters. The van der Waals surface area contributed by atoms with Crippen molar-refractivity contribution in [1.82, 2.24) is 0 Å². The second-order valence-electron chi connectivity index (χ2n) is 6.33. The predicted molar refractivity (Wildman–Crippen MR) is 97.2 cm³/mol. The Kier molecular flexibility index (Phi) is 4.82. The van der Waals surface area contributed by atoms with E-state index in [0.717, 1.165) is 18.4 Å². The van der Waals surface area contributed by atoms with Crippen molar-refractivity contribution in [2.24, 2.45) is 0 Å². The summed E-state index contributed by atoms with van der Waals surface area (Å²) in [6, 6.07) is 7.48. The van der Waals surface area contributed by atoms with Crippen LogP contribution in [0.5, 0.6) is 0 Å². The first-order valence-electron chi connectivity index (χ1n) is 8.05. The molecule has 0 bridgehead atoms. The molecule has 0 amide bonds. The summed E-state index contributed by atoms with van der Waals surface area (Å²) in [6.07, 6.45) is 2.92. The van der Waals surface area contributed by atoms with E-state index >= 15 is 0 Å². The van der Waals surface area contributed by atoms with Crippen molar-refractivity contribution in [3.8, 4) is 0 Å². The molecule has 1 aliphatic carbocycles. The molecule has 0 heterocycles. The van der Waals surface area contributed by atoms with Gasteiger partial charge in [-0.2, -0.15) is 16.8 Å². The Labute approximate surface area is 152 Å². The molecule has 0 atom stereocenters. The molecule has 9 heteroatoms. The molecule has 2 aromatic rings. The fourth-order valence-electron chi connectivity index (χ4n) is 3.30. The molecule has 3 N–H and O–H groups in total. The van der Waals surface area contributed by atoms with E-state index in [2.05, 4.69) is 5.32 Å². The van der Waals surface area contributed by atoms with Crippen LogP contribution in [0.2, 0.25) is 0 Å². The molecule has 140 valence electrons. The molecule has 0 fully saturated rings. The molecule has 0 saturated carbocycles. The molecule has 0 saturated heterocycles. The Morgan fingerprint density at radius 2 is 1.46 bits per heavy atom. The minimum Gasteiger partial charge on any atom is -0.355 e. The molecule has 0 spiro atoms. The summed E-state index contributed by atoms with van der Waals surface area (Å²) in [5, 5.41) is 3.10. The highest BCUT2D eigenvalue weighted by atomic mass is 32.2. The third kappa shape index (κ3) is 3.75. The van der Waals surface area contributed by atoms with Crippen LogP contribution in [0.4, 0.5) is 11.4 Å². The zero-order chi connectivity index (χ0) is 19.1. The Morgan fingerprint density at radius 1 is 0.846 bits per heavy atom. The van der Waals surface area contributed by atoms with Gasteiger partial charge < -0.3 is 5.32 Å². The number of fused-ring (bicyclic) bond motifs is 1. The van der Waals surface area contributed by atoms with Gasteiger partial charge in [0.2, 0.25) is 0 Å². The van der Waals surface area contributed by atoms with Crippen LogP contribution in [-0.4, -0.2) is 25.9 Å². The van der Waals surface area contributed by atoms with Gasteiger partial charge >= 0.3 is 0 Å². The Balaban J connectivity index is 2.07. The maximum atomic E-state index is 11.6. The highest BCUT2D eigenvalue weighted by Gasteiger charge is 2.23. The number of benzene rings is 2. The normalized spacial score (nSPS) is 14.7. The third-order valence-corrected chi connectivity index (χ3v) is 6.45. The van der Waals surface area contributed by atoms with Crippen LogP contribution in [0.25, 0.3) is 0 Å². The number of nitrogens with one attached hydrogen (secondary N) is 1. The Bertz CT molecular complexity index is 1070. The van der Waals surface area contributed by atoms with Gasteiger partial charge in [-0.3, -0.25) is 9.11 Å². The first-order chi connectivity index (χ1) is 12.1. The monoisotopic (exact) mass is 397 g/mol. The fraction of sp³-hybridized carbons (Fsp3) is 0.294. The number of aryl methyl sites for hydroxylation is 1. The molecule has 7 nitrogen and oxygen atoms in total. The minimum absolute atomic E-state index is 0.0831. The molecular formula is C17H19NO6S2. The lowest BCUT2D eigenvalue weighted by Crippen LogP contribution is -2.12. The topological polar surface area (TPSA) is 121 Å². The second kappa shape index (κ2) is 6.66. The van der Waals surface area contributed by atoms with E-state index in [9.17, 15) is 25.9 Å². The predicted octanol–water partition coefficient (Wildman–Crippen LogP) is 3.11. The van der Waals surface area contributed by atoms with Gasteiger partial charge in [0.15, 0.2) is 0 Å². The van der Waals surface area contributed by atoms with Crippen molar-refractivity contribution < 1.29 is 25.9 Å². The Hall–Kier alpha value is -1.94. The van der Waals surface area contributed by atoms with Crippen LogP contribution in [-0.2, 0) is 33.1 Å². The summed E-state index contributed by atoms with van der Waals surface area (Å²) in [5.41, 5.74) is 2.90. The molecule has 0 radical (unpaired) electrons. The second-order valence-corrected chi connectivity index (χ2v) is 9.11. The van der Waals surface area contributed by atoms with Crippen molar-refractivity contribution >= 4 is 31.6 Å². The zero-order valence-electron chi connectivity index (χ0n) is 14.1. The fourth-order valence-corrected chi connectivity index (χ4v) is 4.83. The van der Waals surface area contributed by atoms with Crippen LogP contribution in [0.3, 0.4) is 0 Å². The highest BCUT2D eigenvalue weighted by molar-refractivity contribution is 7.86. The van der Waals surface area contributed by atoms with Crippen molar-refractivity contribution in [1.29, 1.82) is 0 Å². The van der Waals surface area contributed by atoms with Crippen LogP contribution >= 0.6 is 0 Å². The zero-order valence-corrected chi connectivity index (χ0v) is 15.7. The highest BCUT2D eigenvalue weighted by Crippen LogP contribution is 2.35. The summed E-state index contributed by atoms with van der Waals surface area (Å²) in [7, 11) is -8.65. The van der Waals surface area contributed by atoms with Gasteiger partial charge in [0.05, 0.1) is 9.79 Å². The minimum atomic E-state index is -4.34.